The first kappa shape index (κ1) is 23.0. The molecule has 0 amide bonds. The van der Waals surface area contributed by atoms with Crippen LogP contribution >= 0.6 is 24.0 Å². The number of nitrogens with zero attached hydrogens (tertiary/aromatic N) is 3. The third-order valence-electron chi connectivity index (χ3n) is 5.10. The van der Waals surface area contributed by atoms with E-state index in [1.165, 1.54) is 25.9 Å². The number of rotatable bonds is 4. The van der Waals surface area contributed by atoms with Crippen molar-refractivity contribution in [1.82, 2.24) is 15.1 Å². The van der Waals surface area contributed by atoms with Crippen LogP contribution in [-0.2, 0) is 9.84 Å². The second-order valence-corrected chi connectivity index (χ2v) is 10.5. The largest absolute Gasteiger partial charge is 0.357 e. The average molecular weight is 486 g/mol. The Balaban J connectivity index is 0.00000312. The minimum atomic E-state index is -3.02. The summed E-state index contributed by atoms with van der Waals surface area (Å²) in [6, 6.07) is 0. The highest BCUT2D eigenvalue weighted by molar-refractivity contribution is 14.0. The fourth-order valence-electron chi connectivity index (χ4n) is 3.54. The molecule has 148 valence electrons. The van der Waals surface area contributed by atoms with Crippen LogP contribution in [0, 0.1) is 5.92 Å². The SMILES string of the molecule is CCNC(=NCCN1CCCC(C)C1)N1CCS(=O)(=O)C(C)(C)C1.I. The number of likely N-dealkylation sites (tertiary alicyclic amines) is 1. The van der Waals surface area contributed by atoms with E-state index in [0.29, 0.717) is 13.1 Å². The highest BCUT2D eigenvalue weighted by atomic mass is 127. The second kappa shape index (κ2) is 9.73. The summed E-state index contributed by atoms with van der Waals surface area (Å²) in [5.74, 6) is 1.84. The van der Waals surface area contributed by atoms with Gasteiger partial charge in [-0.05, 0) is 46.1 Å². The Morgan fingerprint density at radius 3 is 2.64 bits per heavy atom. The predicted octanol–water partition coefficient (Wildman–Crippen LogP) is 1.81. The van der Waals surface area contributed by atoms with E-state index in [-0.39, 0.29) is 29.7 Å². The molecule has 1 N–H and O–H groups in total. The minimum absolute atomic E-state index is 0. The lowest BCUT2D eigenvalue weighted by Crippen LogP contribution is -2.57. The molecule has 0 aromatic rings. The van der Waals surface area contributed by atoms with Crippen LogP contribution in [0.15, 0.2) is 4.99 Å². The van der Waals surface area contributed by atoms with Gasteiger partial charge in [0.2, 0.25) is 0 Å². The summed E-state index contributed by atoms with van der Waals surface area (Å²) < 4.78 is 23.7. The molecule has 2 aliphatic rings. The van der Waals surface area contributed by atoms with E-state index in [9.17, 15) is 8.42 Å². The number of aliphatic imine (C=N–C) groups is 1. The number of nitrogens with one attached hydrogen (secondary N) is 1. The fraction of sp³-hybridized carbons (Fsp3) is 0.941. The zero-order valence-electron chi connectivity index (χ0n) is 16.1. The Morgan fingerprint density at radius 2 is 2.04 bits per heavy atom. The van der Waals surface area contributed by atoms with Gasteiger partial charge in [-0.1, -0.05) is 6.92 Å². The Morgan fingerprint density at radius 1 is 1.32 bits per heavy atom. The zero-order chi connectivity index (χ0) is 17.8. The Kier molecular flexibility index (Phi) is 8.93. The van der Waals surface area contributed by atoms with Crippen molar-refractivity contribution in [3.63, 3.8) is 0 Å². The molecule has 2 aliphatic heterocycles. The predicted molar refractivity (Wildman–Crippen MR) is 116 cm³/mol. The first-order chi connectivity index (χ1) is 11.2. The molecule has 2 heterocycles. The molecule has 0 bridgehead atoms. The van der Waals surface area contributed by atoms with E-state index in [1.807, 2.05) is 20.8 Å². The quantitative estimate of drug-likeness (QED) is 0.373. The second-order valence-electron chi connectivity index (χ2n) is 7.78. The highest BCUT2D eigenvalue weighted by Gasteiger charge is 2.40. The zero-order valence-corrected chi connectivity index (χ0v) is 19.3. The van der Waals surface area contributed by atoms with Crippen LogP contribution in [0.2, 0.25) is 0 Å². The summed E-state index contributed by atoms with van der Waals surface area (Å²) >= 11 is 0. The van der Waals surface area contributed by atoms with Crippen LogP contribution in [0.1, 0.15) is 40.5 Å². The smallest absolute Gasteiger partial charge is 0.194 e. The number of halogens is 1. The molecule has 0 saturated carbocycles. The van der Waals surface area contributed by atoms with E-state index in [4.69, 9.17) is 4.99 Å². The molecule has 6 nitrogen and oxygen atoms in total. The van der Waals surface area contributed by atoms with Crippen molar-refractivity contribution in [3.8, 4) is 0 Å². The van der Waals surface area contributed by atoms with Gasteiger partial charge in [0.1, 0.15) is 0 Å². The van der Waals surface area contributed by atoms with Crippen molar-refractivity contribution < 1.29 is 8.42 Å². The van der Waals surface area contributed by atoms with Crippen LogP contribution in [0.4, 0.5) is 0 Å². The van der Waals surface area contributed by atoms with Gasteiger partial charge in [0.05, 0.1) is 17.0 Å². The van der Waals surface area contributed by atoms with Gasteiger partial charge < -0.3 is 15.1 Å². The maximum Gasteiger partial charge on any atom is 0.194 e. The number of hydrogen-bond donors (Lipinski definition) is 1. The fourth-order valence-corrected chi connectivity index (χ4v) is 4.90. The highest BCUT2D eigenvalue weighted by Crippen LogP contribution is 2.23. The van der Waals surface area contributed by atoms with Gasteiger partial charge in [0, 0.05) is 32.7 Å². The maximum atomic E-state index is 12.2. The van der Waals surface area contributed by atoms with Crippen molar-refractivity contribution in [2.24, 2.45) is 10.9 Å². The number of hydrogen-bond acceptors (Lipinski definition) is 4. The Bertz CT molecular complexity index is 551. The van der Waals surface area contributed by atoms with Gasteiger partial charge in [-0.25, -0.2) is 8.42 Å². The van der Waals surface area contributed by atoms with E-state index in [1.54, 1.807) is 0 Å². The normalized spacial score (nSPS) is 26.8. The standard InChI is InChI=1S/C17H34N4O2S.HI/c1-5-18-16(19-8-10-20-9-6-7-15(2)13-20)21-11-12-24(22,23)17(3,4)14-21;/h15H,5-14H2,1-4H3,(H,18,19);1H. The van der Waals surface area contributed by atoms with Gasteiger partial charge in [0.15, 0.2) is 15.8 Å². The van der Waals surface area contributed by atoms with E-state index < -0.39 is 14.6 Å². The first-order valence-electron chi connectivity index (χ1n) is 9.23. The van der Waals surface area contributed by atoms with Crippen molar-refractivity contribution in [1.29, 1.82) is 0 Å². The molecule has 2 fully saturated rings. The van der Waals surface area contributed by atoms with Crippen LogP contribution in [0.5, 0.6) is 0 Å². The van der Waals surface area contributed by atoms with Crippen LogP contribution in [-0.4, -0.2) is 80.5 Å². The van der Waals surface area contributed by atoms with Gasteiger partial charge in [-0.3, -0.25) is 4.99 Å². The molecule has 2 saturated heterocycles. The summed E-state index contributed by atoms with van der Waals surface area (Å²) in [6.07, 6.45) is 2.61. The molecule has 2 rings (SSSR count). The Hall–Kier alpha value is -0.0900. The van der Waals surface area contributed by atoms with Crippen LogP contribution in [0.3, 0.4) is 0 Å². The third-order valence-corrected chi connectivity index (χ3v) is 7.63. The van der Waals surface area contributed by atoms with Gasteiger partial charge in [-0.15, -0.1) is 24.0 Å². The lowest BCUT2D eigenvalue weighted by atomic mass is 10.0. The van der Waals surface area contributed by atoms with Gasteiger partial charge >= 0.3 is 0 Å². The summed E-state index contributed by atoms with van der Waals surface area (Å²) in [6.45, 7) is 13.9. The molecule has 0 aliphatic carbocycles. The molecule has 25 heavy (non-hydrogen) atoms. The Labute approximate surface area is 170 Å². The van der Waals surface area contributed by atoms with Crippen molar-refractivity contribution in [2.45, 2.75) is 45.3 Å². The minimum Gasteiger partial charge on any atom is -0.357 e. The van der Waals surface area contributed by atoms with Crippen molar-refractivity contribution >= 4 is 39.8 Å². The molecular weight excluding hydrogens is 451 g/mol. The summed E-state index contributed by atoms with van der Waals surface area (Å²) in [4.78, 5) is 9.36. The summed E-state index contributed by atoms with van der Waals surface area (Å²) in [5, 5.41) is 3.33. The topological polar surface area (TPSA) is 65.0 Å². The average Bonchev–Trinajstić information content (AvgIpc) is 2.49. The molecule has 0 aromatic carbocycles. The number of guanidine groups is 1. The summed E-state index contributed by atoms with van der Waals surface area (Å²) in [7, 11) is -3.02. The van der Waals surface area contributed by atoms with Crippen molar-refractivity contribution in [2.75, 3.05) is 51.6 Å². The van der Waals surface area contributed by atoms with E-state index in [2.05, 4.69) is 22.0 Å². The molecular formula is C17H35IN4O2S. The van der Waals surface area contributed by atoms with Gasteiger partial charge in [0.25, 0.3) is 0 Å². The molecule has 0 spiro atoms. The maximum absolute atomic E-state index is 12.2. The molecule has 8 heteroatoms. The van der Waals surface area contributed by atoms with Crippen molar-refractivity contribution in [3.05, 3.63) is 0 Å². The number of piperidine rings is 1. The van der Waals surface area contributed by atoms with Crippen LogP contribution < -0.4 is 5.32 Å². The lowest BCUT2D eigenvalue weighted by Gasteiger charge is -2.39. The third kappa shape index (κ3) is 6.23. The lowest BCUT2D eigenvalue weighted by molar-refractivity contribution is 0.188. The molecule has 1 unspecified atom stereocenters. The molecule has 0 radical (unpaired) electrons. The monoisotopic (exact) mass is 486 g/mol. The number of sulfone groups is 1. The van der Waals surface area contributed by atoms with Crippen LogP contribution in [0.25, 0.3) is 0 Å². The molecule has 0 aromatic heterocycles. The van der Waals surface area contributed by atoms with Gasteiger partial charge in [-0.2, -0.15) is 0 Å². The van der Waals surface area contributed by atoms with E-state index >= 15 is 0 Å². The summed E-state index contributed by atoms with van der Waals surface area (Å²) in [5.41, 5.74) is 0. The molecule has 1 atom stereocenters. The van der Waals surface area contributed by atoms with E-state index in [0.717, 1.165) is 31.5 Å². The first-order valence-corrected chi connectivity index (χ1v) is 10.9.